The number of rotatable bonds is 2. The zero-order chi connectivity index (χ0) is 12.4. The summed E-state index contributed by atoms with van der Waals surface area (Å²) >= 11 is 0. The summed E-state index contributed by atoms with van der Waals surface area (Å²) < 4.78 is 15.4. The van der Waals surface area contributed by atoms with Crippen LogP contribution in [0.2, 0.25) is 0 Å². The Morgan fingerprint density at radius 2 is 2.12 bits per heavy atom. The quantitative estimate of drug-likeness (QED) is 0.794. The van der Waals surface area contributed by atoms with Crippen LogP contribution in [-0.2, 0) is 13.5 Å². The minimum atomic E-state index is -0.302. The van der Waals surface area contributed by atoms with Crippen LogP contribution in [-0.4, -0.2) is 9.55 Å². The van der Waals surface area contributed by atoms with E-state index in [1.54, 1.807) is 29.8 Å². The molecular weight excluding hydrogens is 217 g/mol. The predicted molar refractivity (Wildman–Crippen MR) is 62.7 cm³/mol. The van der Waals surface area contributed by atoms with Gasteiger partial charge in [-0.2, -0.15) is 5.26 Å². The summed E-state index contributed by atoms with van der Waals surface area (Å²) in [4.78, 5) is 4.33. The SMILES string of the molecule is Cc1nc(-c2ccccc2F)n(C)c1CC#N. The topological polar surface area (TPSA) is 41.6 Å². The van der Waals surface area contributed by atoms with Crippen LogP contribution in [0.5, 0.6) is 0 Å². The molecule has 0 aliphatic heterocycles. The maximum atomic E-state index is 13.7. The molecular formula is C13H12FN3. The molecule has 0 fully saturated rings. The lowest BCUT2D eigenvalue weighted by Gasteiger charge is -2.04. The van der Waals surface area contributed by atoms with Gasteiger partial charge in [0.25, 0.3) is 0 Å². The van der Waals surface area contributed by atoms with Crippen molar-refractivity contribution in [3.63, 3.8) is 0 Å². The van der Waals surface area contributed by atoms with Gasteiger partial charge in [0.05, 0.1) is 29.4 Å². The molecule has 1 aromatic carbocycles. The number of imidazole rings is 1. The van der Waals surface area contributed by atoms with E-state index in [9.17, 15) is 4.39 Å². The van der Waals surface area contributed by atoms with Crippen LogP contribution >= 0.6 is 0 Å². The summed E-state index contributed by atoms with van der Waals surface area (Å²) in [5.41, 5.74) is 2.06. The molecule has 0 spiro atoms. The van der Waals surface area contributed by atoms with E-state index in [0.29, 0.717) is 11.4 Å². The van der Waals surface area contributed by atoms with E-state index in [-0.39, 0.29) is 12.2 Å². The second-order valence-electron chi connectivity index (χ2n) is 3.84. The maximum absolute atomic E-state index is 13.7. The van der Waals surface area contributed by atoms with E-state index in [2.05, 4.69) is 11.1 Å². The molecule has 0 aliphatic rings. The summed E-state index contributed by atoms with van der Waals surface area (Å²) in [6.07, 6.45) is 0.282. The largest absolute Gasteiger partial charge is 0.330 e. The van der Waals surface area contributed by atoms with E-state index >= 15 is 0 Å². The molecule has 2 rings (SSSR count). The van der Waals surface area contributed by atoms with Gasteiger partial charge in [0.15, 0.2) is 0 Å². The second kappa shape index (κ2) is 4.38. The number of nitriles is 1. The summed E-state index contributed by atoms with van der Waals surface area (Å²) in [6.45, 7) is 1.83. The second-order valence-corrected chi connectivity index (χ2v) is 3.84. The molecule has 0 saturated heterocycles. The van der Waals surface area contributed by atoms with E-state index in [0.717, 1.165) is 11.4 Å². The van der Waals surface area contributed by atoms with E-state index in [1.165, 1.54) is 6.07 Å². The van der Waals surface area contributed by atoms with Crippen molar-refractivity contribution in [1.82, 2.24) is 9.55 Å². The molecule has 1 aromatic heterocycles. The van der Waals surface area contributed by atoms with Gasteiger partial charge in [0.2, 0.25) is 0 Å². The van der Waals surface area contributed by atoms with Crippen LogP contribution in [0.1, 0.15) is 11.4 Å². The highest BCUT2D eigenvalue weighted by atomic mass is 19.1. The van der Waals surface area contributed by atoms with Crippen molar-refractivity contribution in [2.75, 3.05) is 0 Å². The Morgan fingerprint density at radius 1 is 1.41 bits per heavy atom. The van der Waals surface area contributed by atoms with Crippen LogP contribution in [0.4, 0.5) is 4.39 Å². The highest BCUT2D eigenvalue weighted by Gasteiger charge is 2.15. The molecule has 0 amide bonds. The fraction of sp³-hybridized carbons (Fsp3) is 0.231. The Kier molecular flexibility index (Phi) is 2.92. The van der Waals surface area contributed by atoms with Crippen molar-refractivity contribution in [1.29, 1.82) is 5.26 Å². The lowest BCUT2D eigenvalue weighted by atomic mass is 10.2. The van der Waals surface area contributed by atoms with Crippen molar-refractivity contribution in [3.05, 3.63) is 41.5 Å². The Hall–Kier alpha value is -2.15. The van der Waals surface area contributed by atoms with Crippen molar-refractivity contribution in [2.24, 2.45) is 7.05 Å². The molecule has 0 bridgehead atoms. The van der Waals surface area contributed by atoms with Crippen LogP contribution < -0.4 is 0 Å². The number of hydrogen-bond donors (Lipinski definition) is 0. The normalized spacial score (nSPS) is 10.2. The first-order valence-electron chi connectivity index (χ1n) is 5.29. The van der Waals surface area contributed by atoms with Crippen molar-refractivity contribution >= 4 is 0 Å². The summed E-state index contributed by atoms with van der Waals surface area (Å²) in [5.74, 6) is 0.259. The molecule has 86 valence electrons. The molecule has 0 N–H and O–H groups in total. The van der Waals surface area contributed by atoms with Crippen LogP contribution in [0, 0.1) is 24.1 Å². The van der Waals surface area contributed by atoms with Gasteiger partial charge in [-0.05, 0) is 19.1 Å². The average Bonchev–Trinajstić information content (AvgIpc) is 2.58. The van der Waals surface area contributed by atoms with Gasteiger partial charge in [0.1, 0.15) is 11.6 Å². The molecule has 2 aromatic rings. The Labute approximate surface area is 99.1 Å². The molecule has 4 heteroatoms. The molecule has 3 nitrogen and oxygen atoms in total. The van der Waals surface area contributed by atoms with Gasteiger partial charge in [-0.15, -0.1) is 0 Å². The molecule has 0 radical (unpaired) electrons. The fourth-order valence-electron chi connectivity index (χ4n) is 1.87. The summed E-state index contributed by atoms with van der Waals surface area (Å²) in [7, 11) is 1.80. The number of nitrogens with zero attached hydrogens (tertiary/aromatic N) is 3. The number of hydrogen-bond acceptors (Lipinski definition) is 2. The van der Waals surface area contributed by atoms with Gasteiger partial charge in [-0.25, -0.2) is 9.37 Å². The van der Waals surface area contributed by atoms with Crippen LogP contribution in [0.3, 0.4) is 0 Å². The van der Waals surface area contributed by atoms with Gasteiger partial charge in [-0.3, -0.25) is 0 Å². The third kappa shape index (κ3) is 1.92. The minimum Gasteiger partial charge on any atom is -0.330 e. The predicted octanol–water partition coefficient (Wildman–Crippen LogP) is 2.60. The van der Waals surface area contributed by atoms with E-state index < -0.39 is 0 Å². The standard InChI is InChI=1S/C13H12FN3/c1-9-12(7-8-15)17(2)13(16-9)10-5-3-4-6-11(10)14/h3-6H,7H2,1-2H3. The number of aromatic nitrogens is 2. The first-order valence-corrected chi connectivity index (χ1v) is 5.29. The molecule has 0 aliphatic carbocycles. The number of aryl methyl sites for hydroxylation is 1. The first-order chi connectivity index (χ1) is 8.15. The molecule has 17 heavy (non-hydrogen) atoms. The number of benzene rings is 1. The van der Waals surface area contributed by atoms with Crippen molar-refractivity contribution in [2.45, 2.75) is 13.3 Å². The monoisotopic (exact) mass is 229 g/mol. The molecule has 0 unspecified atom stereocenters. The smallest absolute Gasteiger partial charge is 0.143 e. The highest BCUT2D eigenvalue weighted by molar-refractivity contribution is 5.57. The zero-order valence-electron chi connectivity index (χ0n) is 9.74. The summed E-state index contributed by atoms with van der Waals surface area (Å²) in [5, 5.41) is 8.74. The molecule has 0 atom stereocenters. The lowest BCUT2D eigenvalue weighted by molar-refractivity contribution is 0.628. The third-order valence-corrected chi connectivity index (χ3v) is 2.78. The van der Waals surface area contributed by atoms with Crippen LogP contribution in [0.15, 0.2) is 24.3 Å². The Bertz CT molecular complexity index is 593. The Morgan fingerprint density at radius 3 is 2.76 bits per heavy atom. The van der Waals surface area contributed by atoms with Gasteiger partial charge < -0.3 is 4.57 Å². The summed E-state index contributed by atoms with van der Waals surface area (Å²) in [6, 6.07) is 8.60. The minimum absolute atomic E-state index is 0.282. The lowest BCUT2D eigenvalue weighted by Crippen LogP contribution is -1.99. The first kappa shape index (κ1) is 11.3. The Balaban J connectivity index is 2.59. The van der Waals surface area contributed by atoms with Gasteiger partial charge in [0, 0.05) is 7.05 Å². The maximum Gasteiger partial charge on any atom is 0.143 e. The van der Waals surface area contributed by atoms with Crippen molar-refractivity contribution < 1.29 is 4.39 Å². The third-order valence-electron chi connectivity index (χ3n) is 2.78. The van der Waals surface area contributed by atoms with Gasteiger partial charge in [-0.1, -0.05) is 12.1 Å². The van der Waals surface area contributed by atoms with E-state index in [4.69, 9.17) is 5.26 Å². The van der Waals surface area contributed by atoms with Crippen molar-refractivity contribution in [3.8, 4) is 17.5 Å². The fourth-order valence-corrected chi connectivity index (χ4v) is 1.87. The average molecular weight is 229 g/mol. The highest BCUT2D eigenvalue weighted by Crippen LogP contribution is 2.23. The van der Waals surface area contributed by atoms with Gasteiger partial charge >= 0.3 is 0 Å². The van der Waals surface area contributed by atoms with Crippen LogP contribution in [0.25, 0.3) is 11.4 Å². The molecule has 0 saturated carbocycles. The van der Waals surface area contributed by atoms with E-state index in [1.807, 2.05) is 6.92 Å². The number of halogens is 1. The molecule has 1 heterocycles. The zero-order valence-corrected chi connectivity index (χ0v) is 9.74.